The van der Waals surface area contributed by atoms with Crippen LogP contribution in [0.15, 0.2) is 65.3 Å². The van der Waals surface area contributed by atoms with Gasteiger partial charge in [-0.2, -0.15) is 0 Å². The van der Waals surface area contributed by atoms with Gasteiger partial charge in [-0.15, -0.1) is 5.10 Å². The minimum atomic E-state index is -0.488. The van der Waals surface area contributed by atoms with Gasteiger partial charge < -0.3 is 9.15 Å². The predicted octanol–water partition coefficient (Wildman–Crippen LogP) is 5.84. The Labute approximate surface area is 201 Å². The first kappa shape index (κ1) is 23.5. The molecule has 0 spiro atoms. The Morgan fingerprint density at radius 3 is 2.62 bits per heavy atom. The standard InChI is InChI=1S/C25H24ClFN4O3/c1-25(2,3)17-5-8-19(9-6-17)33-14-20-10-11-22(34-20)23(32)29-24-28-15-31(30-24)13-16-4-7-18(27)12-21(16)26/h4-12,15H,13-14H2,1-3H3,(H,29,30,32). The Morgan fingerprint density at radius 2 is 1.91 bits per heavy atom. The molecule has 0 fully saturated rings. The molecule has 1 amide bonds. The zero-order valence-electron chi connectivity index (χ0n) is 19.0. The third kappa shape index (κ3) is 5.82. The lowest BCUT2D eigenvalue weighted by atomic mass is 9.87. The molecule has 0 bridgehead atoms. The van der Waals surface area contributed by atoms with Crippen molar-refractivity contribution in [3.63, 3.8) is 0 Å². The Balaban J connectivity index is 1.32. The second-order valence-corrected chi connectivity index (χ2v) is 9.19. The zero-order valence-corrected chi connectivity index (χ0v) is 19.8. The average molecular weight is 483 g/mol. The molecule has 2 heterocycles. The van der Waals surface area contributed by atoms with Crippen molar-refractivity contribution >= 4 is 23.5 Å². The molecule has 2 aromatic carbocycles. The molecule has 0 atom stereocenters. The van der Waals surface area contributed by atoms with Gasteiger partial charge in [0, 0.05) is 5.02 Å². The van der Waals surface area contributed by atoms with Gasteiger partial charge in [0.25, 0.3) is 5.91 Å². The summed E-state index contributed by atoms with van der Waals surface area (Å²) < 4.78 is 26.0. The van der Waals surface area contributed by atoms with Crippen LogP contribution in [0.5, 0.6) is 5.75 Å². The number of anilines is 1. The summed E-state index contributed by atoms with van der Waals surface area (Å²) in [5.74, 6) is 0.539. The number of furan rings is 1. The molecule has 0 aliphatic rings. The van der Waals surface area contributed by atoms with E-state index in [9.17, 15) is 9.18 Å². The van der Waals surface area contributed by atoms with E-state index in [-0.39, 0.29) is 35.3 Å². The SMILES string of the molecule is CC(C)(C)c1ccc(OCc2ccc(C(=O)Nc3ncn(Cc4ccc(F)cc4Cl)n3)o2)cc1. The second-order valence-electron chi connectivity index (χ2n) is 8.78. The third-order valence-corrected chi connectivity index (χ3v) is 5.45. The van der Waals surface area contributed by atoms with Crippen LogP contribution in [0.4, 0.5) is 10.3 Å². The summed E-state index contributed by atoms with van der Waals surface area (Å²) in [7, 11) is 0. The largest absolute Gasteiger partial charge is 0.486 e. The Hall–Kier alpha value is -3.65. The lowest BCUT2D eigenvalue weighted by molar-refractivity contribution is 0.0991. The molecule has 7 nitrogen and oxygen atoms in total. The fraction of sp³-hybridized carbons (Fsp3) is 0.240. The van der Waals surface area contributed by atoms with Gasteiger partial charge in [0.2, 0.25) is 5.95 Å². The van der Waals surface area contributed by atoms with Crippen LogP contribution < -0.4 is 10.1 Å². The molecule has 9 heteroatoms. The van der Waals surface area contributed by atoms with Crippen molar-refractivity contribution in [3.8, 4) is 5.75 Å². The summed E-state index contributed by atoms with van der Waals surface area (Å²) in [5.41, 5.74) is 1.96. The van der Waals surface area contributed by atoms with E-state index >= 15 is 0 Å². The van der Waals surface area contributed by atoms with E-state index in [1.165, 1.54) is 28.7 Å². The maximum atomic E-state index is 13.2. The summed E-state index contributed by atoms with van der Waals surface area (Å²) in [6, 6.07) is 15.3. The highest BCUT2D eigenvalue weighted by molar-refractivity contribution is 6.31. The Morgan fingerprint density at radius 1 is 1.15 bits per heavy atom. The molecule has 1 N–H and O–H groups in total. The van der Waals surface area contributed by atoms with Crippen molar-refractivity contribution in [3.05, 3.63) is 94.4 Å². The summed E-state index contributed by atoms with van der Waals surface area (Å²) >= 11 is 6.05. The van der Waals surface area contributed by atoms with Crippen LogP contribution in [0.3, 0.4) is 0 Å². The highest BCUT2D eigenvalue weighted by atomic mass is 35.5. The van der Waals surface area contributed by atoms with Crippen molar-refractivity contribution in [2.24, 2.45) is 0 Å². The van der Waals surface area contributed by atoms with E-state index in [0.717, 1.165) is 0 Å². The average Bonchev–Trinajstić information content (AvgIpc) is 3.43. The van der Waals surface area contributed by atoms with Gasteiger partial charge >= 0.3 is 0 Å². The predicted molar refractivity (Wildman–Crippen MR) is 127 cm³/mol. The third-order valence-electron chi connectivity index (χ3n) is 5.10. The fourth-order valence-electron chi connectivity index (χ4n) is 3.20. The molecule has 0 saturated heterocycles. The molecular formula is C25H24ClFN4O3. The molecule has 0 aliphatic heterocycles. The fourth-order valence-corrected chi connectivity index (χ4v) is 3.43. The van der Waals surface area contributed by atoms with Crippen molar-refractivity contribution < 1.29 is 18.3 Å². The number of nitrogens with one attached hydrogen (secondary N) is 1. The highest BCUT2D eigenvalue weighted by Crippen LogP contribution is 2.25. The van der Waals surface area contributed by atoms with E-state index < -0.39 is 11.7 Å². The summed E-state index contributed by atoms with van der Waals surface area (Å²) in [4.78, 5) is 16.6. The minimum Gasteiger partial charge on any atom is -0.486 e. The van der Waals surface area contributed by atoms with Crippen LogP contribution in [-0.4, -0.2) is 20.7 Å². The molecule has 2 aromatic heterocycles. The van der Waals surface area contributed by atoms with E-state index in [2.05, 4.69) is 36.2 Å². The van der Waals surface area contributed by atoms with Crippen molar-refractivity contribution in [1.29, 1.82) is 0 Å². The number of carbonyl (C=O) groups is 1. The number of amides is 1. The van der Waals surface area contributed by atoms with Crippen LogP contribution in [-0.2, 0) is 18.6 Å². The molecule has 0 saturated carbocycles. The van der Waals surface area contributed by atoms with Crippen LogP contribution in [0, 0.1) is 5.82 Å². The molecular weight excluding hydrogens is 459 g/mol. The number of hydrogen-bond acceptors (Lipinski definition) is 5. The van der Waals surface area contributed by atoms with Gasteiger partial charge in [0.1, 0.15) is 30.3 Å². The van der Waals surface area contributed by atoms with Gasteiger partial charge in [-0.3, -0.25) is 10.1 Å². The lowest BCUT2D eigenvalue weighted by Crippen LogP contribution is -2.12. The maximum absolute atomic E-state index is 13.2. The number of nitrogens with zero attached hydrogens (tertiary/aromatic N) is 3. The van der Waals surface area contributed by atoms with Gasteiger partial charge in [0.15, 0.2) is 5.76 Å². The van der Waals surface area contributed by atoms with E-state index in [4.69, 9.17) is 20.8 Å². The van der Waals surface area contributed by atoms with Crippen molar-refractivity contribution in [2.45, 2.75) is 39.3 Å². The lowest BCUT2D eigenvalue weighted by Gasteiger charge is -2.19. The summed E-state index contributed by atoms with van der Waals surface area (Å²) in [5, 5.41) is 7.07. The maximum Gasteiger partial charge on any atom is 0.293 e. The zero-order chi connectivity index (χ0) is 24.3. The minimum absolute atomic E-state index is 0.0699. The number of ether oxygens (including phenoxy) is 1. The van der Waals surface area contributed by atoms with Crippen LogP contribution >= 0.6 is 11.6 Å². The number of rotatable bonds is 7. The topological polar surface area (TPSA) is 82.2 Å². The first-order valence-electron chi connectivity index (χ1n) is 10.6. The van der Waals surface area contributed by atoms with Gasteiger partial charge in [-0.25, -0.2) is 14.1 Å². The molecule has 4 rings (SSSR count). The van der Waals surface area contributed by atoms with Gasteiger partial charge in [-0.05, 0) is 52.9 Å². The van der Waals surface area contributed by atoms with Gasteiger partial charge in [0.05, 0.1) is 6.54 Å². The van der Waals surface area contributed by atoms with Crippen molar-refractivity contribution in [1.82, 2.24) is 14.8 Å². The Bertz CT molecular complexity index is 1290. The summed E-state index contributed by atoms with van der Waals surface area (Å²) in [6.45, 7) is 6.92. The van der Waals surface area contributed by atoms with Crippen LogP contribution in [0.2, 0.25) is 5.02 Å². The number of hydrogen-bond donors (Lipinski definition) is 1. The smallest absolute Gasteiger partial charge is 0.293 e. The molecule has 34 heavy (non-hydrogen) atoms. The number of halogens is 2. The normalized spacial score (nSPS) is 11.4. The quantitative estimate of drug-likeness (QED) is 0.358. The van der Waals surface area contributed by atoms with E-state index in [0.29, 0.717) is 17.1 Å². The molecule has 4 aromatic rings. The summed E-state index contributed by atoms with van der Waals surface area (Å²) in [6.07, 6.45) is 1.45. The van der Waals surface area contributed by atoms with Crippen LogP contribution in [0.1, 0.15) is 48.2 Å². The molecule has 176 valence electrons. The van der Waals surface area contributed by atoms with Gasteiger partial charge in [-0.1, -0.05) is 50.6 Å². The van der Waals surface area contributed by atoms with Crippen molar-refractivity contribution in [2.75, 3.05) is 5.32 Å². The molecule has 0 aliphatic carbocycles. The van der Waals surface area contributed by atoms with Crippen LogP contribution in [0.25, 0.3) is 0 Å². The number of carbonyl (C=O) groups excluding carboxylic acids is 1. The number of benzene rings is 2. The molecule has 0 radical (unpaired) electrons. The first-order valence-corrected chi connectivity index (χ1v) is 11.0. The number of aromatic nitrogens is 3. The first-order chi connectivity index (χ1) is 16.2. The second kappa shape index (κ2) is 9.69. The van der Waals surface area contributed by atoms with E-state index in [1.54, 1.807) is 18.2 Å². The molecule has 0 unspecified atom stereocenters. The highest BCUT2D eigenvalue weighted by Gasteiger charge is 2.15. The monoisotopic (exact) mass is 482 g/mol. The Kier molecular flexibility index (Phi) is 6.70. The van der Waals surface area contributed by atoms with E-state index in [1.807, 2.05) is 24.3 Å².